The van der Waals surface area contributed by atoms with E-state index in [9.17, 15) is 4.79 Å². The molecule has 1 aromatic heterocycles. The molecule has 0 radical (unpaired) electrons. The largest absolute Gasteiger partial charge is 0.453 e. The first kappa shape index (κ1) is 16.8. The lowest BCUT2D eigenvalue weighted by atomic mass is 10.2. The smallest absolute Gasteiger partial charge is 0.407 e. The van der Waals surface area contributed by atoms with E-state index in [4.69, 9.17) is 4.52 Å². The lowest BCUT2D eigenvalue weighted by Crippen LogP contribution is -2.22. The summed E-state index contributed by atoms with van der Waals surface area (Å²) in [6.07, 6.45) is 1.36. The van der Waals surface area contributed by atoms with E-state index in [0.29, 0.717) is 12.4 Å². The molecule has 0 spiro atoms. The number of anilines is 1. The fraction of sp³-hybridized carbons (Fsp3) is 0.438. The average Bonchev–Trinajstić information content (AvgIpc) is 3.03. The Labute approximate surface area is 135 Å². The number of methoxy groups -OCH3 is 1. The summed E-state index contributed by atoms with van der Waals surface area (Å²) < 4.78 is 9.80. The summed E-state index contributed by atoms with van der Waals surface area (Å²) in [6, 6.07) is 7.66. The first-order valence-electron chi connectivity index (χ1n) is 7.62. The van der Waals surface area contributed by atoms with Crippen molar-refractivity contribution < 1.29 is 14.1 Å². The second-order valence-corrected chi connectivity index (χ2v) is 5.21. The zero-order valence-corrected chi connectivity index (χ0v) is 13.6. The SMILES string of the molecule is CCCc1noc(C(C)Nc2ccc(CNC(=O)OC)cc2)n1. The Morgan fingerprint density at radius 3 is 2.74 bits per heavy atom. The van der Waals surface area contributed by atoms with Crippen LogP contribution in [0.4, 0.5) is 10.5 Å². The van der Waals surface area contributed by atoms with Gasteiger partial charge in [-0.25, -0.2) is 4.79 Å². The third kappa shape index (κ3) is 4.98. The van der Waals surface area contributed by atoms with Crippen LogP contribution in [0.2, 0.25) is 0 Å². The second-order valence-electron chi connectivity index (χ2n) is 5.21. The van der Waals surface area contributed by atoms with Gasteiger partial charge in [0.25, 0.3) is 0 Å². The zero-order chi connectivity index (χ0) is 16.7. The molecular weight excluding hydrogens is 296 g/mol. The van der Waals surface area contributed by atoms with Crippen molar-refractivity contribution in [3.63, 3.8) is 0 Å². The van der Waals surface area contributed by atoms with Crippen LogP contribution in [0.3, 0.4) is 0 Å². The maximum Gasteiger partial charge on any atom is 0.407 e. The number of aryl methyl sites for hydroxylation is 1. The second kappa shape index (κ2) is 8.17. The molecule has 124 valence electrons. The highest BCUT2D eigenvalue weighted by molar-refractivity contribution is 5.66. The lowest BCUT2D eigenvalue weighted by Gasteiger charge is -2.12. The molecule has 0 aliphatic carbocycles. The van der Waals surface area contributed by atoms with Gasteiger partial charge in [0.05, 0.1) is 7.11 Å². The molecule has 0 aliphatic rings. The van der Waals surface area contributed by atoms with Crippen LogP contribution in [0.1, 0.15) is 43.6 Å². The van der Waals surface area contributed by atoms with Crippen LogP contribution in [0.15, 0.2) is 28.8 Å². The molecule has 1 unspecified atom stereocenters. The molecule has 2 rings (SSSR count). The molecule has 2 N–H and O–H groups in total. The molecule has 2 aromatic rings. The average molecular weight is 318 g/mol. The summed E-state index contributed by atoms with van der Waals surface area (Å²) in [6.45, 7) is 4.47. The Kier molecular flexibility index (Phi) is 5.96. The number of benzene rings is 1. The molecule has 7 nitrogen and oxygen atoms in total. The summed E-state index contributed by atoms with van der Waals surface area (Å²) >= 11 is 0. The van der Waals surface area contributed by atoms with Crippen LogP contribution in [0.5, 0.6) is 0 Å². The van der Waals surface area contributed by atoms with E-state index < -0.39 is 6.09 Å². The number of nitrogens with one attached hydrogen (secondary N) is 2. The molecule has 1 heterocycles. The molecule has 0 aliphatic heterocycles. The van der Waals surface area contributed by atoms with Crippen molar-refractivity contribution in [3.05, 3.63) is 41.5 Å². The molecular formula is C16H22N4O3. The van der Waals surface area contributed by atoms with Crippen molar-refractivity contribution in [2.75, 3.05) is 12.4 Å². The maximum absolute atomic E-state index is 11.0. The van der Waals surface area contributed by atoms with Crippen molar-refractivity contribution in [2.24, 2.45) is 0 Å². The van der Waals surface area contributed by atoms with E-state index in [1.807, 2.05) is 31.2 Å². The quantitative estimate of drug-likeness (QED) is 0.815. The van der Waals surface area contributed by atoms with Crippen molar-refractivity contribution >= 4 is 11.8 Å². The molecule has 0 saturated heterocycles. The van der Waals surface area contributed by atoms with E-state index in [-0.39, 0.29) is 6.04 Å². The van der Waals surface area contributed by atoms with Gasteiger partial charge in [0.2, 0.25) is 5.89 Å². The summed E-state index contributed by atoms with van der Waals surface area (Å²) in [5.41, 5.74) is 1.92. The fourth-order valence-electron chi connectivity index (χ4n) is 2.05. The minimum atomic E-state index is -0.444. The van der Waals surface area contributed by atoms with Gasteiger partial charge < -0.3 is 19.9 Å². The number of carbonyl (C=O) groups is 1. The normalized spacial score (nSPS) is 11.8. The molecule has 23 heavy (non-hydrogen) atoms. The van der Waals surface area contributed by atoms with Gasteiger partial charge in [0.1, 0.15) is 6.04 Å². The molecule has 0 bridgehead atoms. The fourth-order valence-corrected chi connectivity index (χ4v) is 2.05. The van der Waals surface area contributed by atoms with E-state index in [1.54, 1.807) is 0 Å². The highest BCUT2D eigenvalue weighted by Crippen LogP contribution is 2.18. The van der Waals surface area contributed by atoms with E-state index >= 15 is 0 Å². The van der Waals surface area contributed by atoms with Crippen LogP contribution in [-0.2, 0) is 17.7 Å². The van der Waals surface area contributed by atoms with Gasteiger partial charge in [-0.05, 0) is 31.0 Å². The molecule has 7 heteroatoms. The van der Waals surface area contributed by atoms with Gasteiger partial charge in [-0.15, -0.1) is 0 Å². The topological polar surface area (TPSA) is 89.3 Å². The van der Waals surface area contributed by atoms with Crippen LogP contribution in [0, 0.1) is 0 Å². The predicted molar refractivity (Wildman–Crippen MR) is 86.0 cm³/mol. The zero-order valence-electron chi connectivity index (χ0n) is 13.6. The minimum absolute atomic E-state index is 0.0767. The number of amides is 1. The summed E-state index contributed by atoms with van der Waals surface area (Å²) in [4.78, 5) is 15.4. The van der Waals surface area contributed by atoms with Gasteiger partial charge in [-0.3, -0.25) is 0 Å². The number of aromatic nitrogens is 2. The van der Waals surface area contributed by atoms with Gasteiger partial charge in [-0.1, -0.05) is 24.2 Å². The number of hydrogen-bond donors (Lipinski definition) is 2. The first-order valence-corrected chi connectivity index (χ1v) is 7.62. The number of rotatable bonds is 7. The number of carbonyl (C=O) groups excluding carboxylic acids is 1. The summed E-state index contributed by atoms with van der Waals surface area (Å²) in [5, 5.41) is 9.90. The third-order valence-electron chi connectivity index (χ3n) is 3.29. The molecule has 1 aromatic carbocycles. The number of ether oxygens (including phenoxy) is 1. The maximum atomic E-state index is 11.0. The van der Waals surface area contributed by atoms with Crippen molar-refractivity contribution in [3.8, 4) is 0 Å². The van der Waals surface area contributed by atoms with Crippen molar-refractivity contribution in [2.45, 2.75) is 39.3 Å². The molecule has 0 fully saturated rings. The van der Waals surface area contributed by atoms with Crippen molar-refractivity contribution in [1.29, 1.82) is 0 Å². The summed E-state index contributed by atoms with van der Waals surface area (Å²) in [5.74, 6) is 1.31. The number of hydrogen-bond acceptors (Lipinski definition) is 6. The minimum Gasteiger partial charge on any atom is -0.453 e. The van der Waals surface area contributed by atoms with Crippen LogP contribution >= 0.6 is 0 Å². The van der Waals surface area contributed by atoms with Gasteiger partial charge in [0.15, 0.2) is 5.82 Å². The van der Waals surface area contributed by atoms with E-state index in [2.05, 4.69) is 32.4 Å². The third-order valence-corrected chi connectivity index (χ3v) is 3.29. The Bertz CT molecular complexity index is 625. The highest BCUT2D eigenvalue weighted by Gasteiger charge is 2.13. The van der Waals surface area contributed by atoms with E-state index in [1.165, 1.54) is 7.11 Å². The van der Waals surface area contributed by atoms with Gasteiger partial charge in [0, 0.05) is 18.7 Å². The number of nitrogens with zero attached hydrogens (tertiary/aromatic N) is 2. The van der Waals surface area contributed by atoms with Crippen LogP contribution < -0.4 is 10.6 Å². The highest BCUT2D eigenvalue weighted by atomic mass is 16.5. The van der Waals surface area contributed by atoms with Crippen LogP contribution in [0.25, 0.3) is 0 Å². The lowest BCUT2D eigenvalue weighted by molar-refractivity contribution is 0.170. The Balaban J connectivity index is 1.90. The Morgan fingerprint density at radius 1 is 1.35 bits per heavy atom. The Morgan fingerprint density at radius 2 is 2.09 bits per heavy atom. The molecule has 1 atom stereocenters. The Hall–Kier alpha value is -2.57. The van der Waals surface area contributed by atoms with Gasteiger partial charge >= 0.3 is 6.09 Å². The van der Waals surface area contributed by atoms with E-state index in [0.717, 1.165) is 29.9 Å². The monoisotopic (exact) mass is 318 g/mol. The van der Waals surface area contributed by atoms with Gasteiger partial charge in [-0.2, -0.15) is 4.98 Å². The molecule has 0 saturated carbocycles. The summed E-state index contributed by atoms with van der Waals surface area (Å²) in [7, 11) is 1.34. The van der Waals surface area contributed by atoms with Crippen molar-refractivity contribution in [1.82, 2.24) is 15.5 Å². The first-order chi connectivity index (χ1) is 11.1. The van der Waals surface area contributed by atoms with Crippen LogP contribution in [-0.4, -0.2) is 23.3 Å². The standard InChI is InChI=1S/C16H22N4O3/c1-4-5-14-19-15(23-20-14)11(2)18-13-8-6-12(7-9-13)10-17-16(21)22-3/h6-9,11,18H,4-5,10H2,1-3H3,(H,17,21). The number of alkyl carbamates (subject to hydrolysis) is 1. The predicted octanol–water partition coefficient (Wildman–Crippen LogP) is 3.05. The molecule has 1 amide bonds.